The summed E-state index contributed by atoms with van der Waals surface area (Å²) in [6.45, 7) is 6.17. The van der Waals surface area contributed by atoms with Gasteiger partial charge in [0, 0.05) is 6.20 Å². The van der Waals surface area contributed by atoms with Crippen LogP contribution in [0.25, 0.3) is 0 Å². The number of hydrogen-bond acceptors (Lipinski definition) is 2. The average Bonchev–Trinajstić information content (AvgIpc) is 2.39. The van der Waals surface area contributed by atoms with Gasteiger partial charge >= 0.3 is 0 Å². The first kappa shape index (κ1) is 13.8. The van der Waals surface area contributed by atoms with Gasteiger partial charge in [-0.2, -0.15) is 0 Å². The predicted molar refractivity (Wildman–Crippen MR) is 78.2 cm³/mol. The Labute approximate surface area is 115 Å². The second kappa shape index (κ2) is 5.98. The summed E-state index contributed by atoms with van der Waals surface area (Å²) in [6.07, 6.45) is 3.32. The highest BCUT2D eigenvalue weighted by molar-refractivity contribution is 5.34. The monoisotopic (exact) mass is 255 g/mol. The molecule has 0 radical (unpaired) electrons. The lowest BCUT2D eigenvalue weighted by Crippen LogP contribution is -2.05. The van der Waals surface area contributed by atoms with Crippen LogP contribution in [0.15, 0.2) is 36.5 Å². The molecule has 1 N–H and O–H groups in total. The normalized spacial score (nSPS) is 12.4. The Bertz CT molecular complexity index is 563. The molecule has 0 aliphatic rings. The molecular weight excluding hydrogens is 234 g/mol. The smallest absolute Gasteiger partial charge is 0.121 e. The average molecular weight is 255 g/mol. The van der Waals surface area contributed by atoms with E-state index in [0.29, 0.717) is 0 Å². The van der Waals surface area contributed by atoms with E-state index in [4.69, 9.17) is 0 Å². The summed E-state index contributed by atoms with van der Waals surface area (Å²) in [6, 6.07) is 10.2. The molecule has 2 nitrogen and oxygen atoms in total. The van der Waals surface area contributed by atoms with Gasteiger partial charge in [-0.05, 0) is 42.5 Å². The SMILES string of the molecule is CCCc1cccc(C(O)c2ncc(C)cc2C)c1. The predicted octanol–water partition coefficient (Wildman–Crippen LogP) is 3.73. The van der Waals surface area contributed by atoms with Crippen molar-refractivity contribution in [3.63, 3.8) is 0 Å². The molecule has 1 atom stereocenters. The van der Waals surface area contributed by atoms with Crippen LogP contribution in [0.4, 0.5) is 0 Å². The van der Waals surface area contributed by atoms with E-state index in [1.165, 1.54) is 5.56 Å². The van der Waals surface area contributed by atoms with Crippen LogP contribution in [0.1, 0.15) is 47.4 Å². The van der Waals surface area contributed by atoms with E-state index < -0.39 is 6.10 Å². The van der Waals surface area contributed by atoms with Crippen molar-refractivity contribution >= 4 is 0 Å². The Kier molecular flexibility index (Phi) is 4.33. The van der Waals surface area contributed by atoms with E-state index in [1.807, 2.05) is 26.0 Å². The van der Waals surface area contributed by atoms with Crippen molar-refractivity contribution in [3.8, 4) is 0 Å². The lowest BCUT2D eigenvalue weighted by atomic mass is 9.99. The van der Waals surface area contributed by atoms with E-state index in [9.17, 15) is 5.11 Å². The van der Waals surface area contributed by atoms with E-state index in [0.717, 1.165) is 35.2 Å². The number of hydrogen-bond donors (Lipinski definition) is 1. The zero-order valence-electron chi connectivity index (χ0n) is 11.9. The van der Waals surface area contributed by atoms with Crippen LogP contribution < -0.4 is 0 Å². The van der Waals surface area contributed by atoms with Crippen molar-refractivity contribution in [1.29, 1.82) is 0 Å². The standard InChI is InChI=1S/C17H21NO/c1-4-6-14-7-5-8-15(10-14)17(19)16-13(3)9-12(2)11-18-16/h5,7-11,17,19H,4,6H2,1-3H3. The summed E-state index contributed by atoms with van der Waals surface area (Å²) in [7, 11) is 0. The molecule has 2 heteroatoms. The third kappa shape index (κ3) is 3.21. The second-order valence-electron chi connectivity index (χ2n) is 5.11. The Balaban J connectivity index is 2.32. The molecule has 0 saturated heterocycles. The van der Waals surface area contributed by atoms with Crippen molar-refractivity contribution in [2.24, 2.45) is 0 Å². The fraction of sp³-hybridized carbons (Fsp3) is 0.353. The van der Waals surface area contributed by atoms with Gasteiger partial charge in [-0.25, -0.2) is 0 Å². The molecule has 2 aromatic rings. The number of nitrogens with zero attached hydrogens (tertiary/aromatic N) is 1. The molecule has 1 unspecified atom stereocenters. The van der Waals surface area contributed by atoms with Gasteiger partial charge in [0.15, 0.2) is 0 Å². The first-order chi connectivity index (χ1) is 9.11. The van der Waals surface area contributed by atoms with E-state index in [1.54, 1.807) is 6.20 Å². The Morgan fingerprint density at radius 3 is 2.68 bits per heavy atom. The lowest BCUT2D eigenvalue weighted by Gasteiger charge is -2.14. The molecule has 0 fully saturated rings. The highest BCUT2D eigenvalue weighted by Crippen LogP contribution is 2.24. The third-order valence-electron chi connectivity index (χ3n) is 3.32. The number of rotatable bonds is 4. The molecule has 0 spiro atoms. The minimum absolute atomic E-state index is 0.641. The van der Waals surface area contributed by atoms with Crippen molar-refractivity contribution in [2.75, 3.05) is 0 Å². The van der Waals surface area contributed by atoms with Gasteiger partial charge in [-0.15, -0.1) is 0 Å². The van der Waals surface area contributed by atoms with Crippen LogP contribution in [-0.2, 0) is 6.42 Å². The number of aliphatic hydroxyl groups excluding tert-OH is 1. The molecule has 1 aromatic carbocycles. The van der Waals surface area contributed by atoms with Gasteiger partial charge in [0.05, 0.1) is 5.69 Å². The van der Waals surface area contributed by atoms with E-state index in [-0.39, 0.29) is 0 Å². The van der Waals surface area contributed by atoms with Gasteiger partial charge in [0.25, 0.3) is 0 Å². The molecule has 0 amide bonds. The van der Waals surface area contributed by atoms with Gasteiger partial charge < -0.3 is 5.11 Å². The molecule has 0 aliphatic carbocycles. The quantitative estimate of drug-likeness (QED) is 0.903. The van der Waals surface area contributed by atoms with Crippen LogP contribution in [0, 0.1) is 13.8 Å². The lowest BCUT2D eigenvalue weighted by molar-refractivity contribution is 0.214. The maximum absolute atomic E-state index is 10.5. The molecule has 0 aliphatic heterocycles. The van der Waals surface area contributed by atoms with Crippen molar-refractivity contribution in [2.45, 2.75) is 39.7 Å². The largest absolute Gasteiger partial charge is 0.382 e. The molecular formula is C17H21NO. The zero-order chi connectivity index (χ0) is 13.8. The molecule has 0 saturated carbocycles. The number of aromatic nitrogens is 1. The molecule has 1 heterocycles. The maximum atomic E-state index is 10.5. The fourth-order valence-corrected chi connectivity index (χ4v) is 2.38. The van der Waals surface area contributed by atoms with Gasteiger partial charge in [0.1, 0.15) is 6.10 Å². The van der Waals surface area contributed by atoms with Crippen molar-refractivity contribution in [3.05, 3.63) is 64.5 Å². The van der Waals surface area contributed by atoms with Crippen LogP contribution in [-0.4, -0.2) is 10.1 Å². The first-order valence-electron chi connectivity index (χ1n) is 6.82. The molecule has 2 rings (SSSR count). The van der Waals surface area contributed by atoms with Gasteiger partial charge in [0.2, 0.25) is 0 Å². The van der Waals surface area contributed by atoms with Gasteiger partial charge in [-0.3, -0.25) is 4.98 Å². The molecule has 0 bridgehead atoms. The summed E-state index contributed by atoms with van der Waals surface area (Å²) in [5.74, 6) is 0. The number of aliphatic hydroxyl groups is 1. The fourth-order valence-electron chi connectivity index (χ4n) is 2.38. The van der Waals surface area contributed by atoms with Crippen LogP contribution in [0.5, 0.6) is 0 Å². The van der Waals surface area contributed by atoms with Crippen molar-refractivity contribution in [1.82, 2.24) is 4.98 Å². The van der Waals surface area contributed by atoms with Crippen molar-refractivity contribution < 1.29 is 5.11 Å². The summed E-state index contributed by atoms with van der Waals surface area (Å²) in [4.78, 5) is 4.38. The van der Waals surface area contributed by atoms with Crippen LogP contribution >= 0.6 is 0 Å². The minimum Gasteiger partial charge on any atom is -0.382 e. The van der Waals surface area contributed by atoms with Gasteiger partial charge in [-0.1, -0.05) is 43.7 Å². The molecule has 100 valence electrons. The summed E-state index contributed by atoms with van der Waals surface area (Å²) >= 11 is 0. The Morgan fingerprint density at radius 2 is 2.00 bits per heavy atom. The topological polar surface area (TPSA) is 33.1 Å². The number of benzene rings is 1. The minimum atomic E-state index is -0.641. The second-order valence-corrected chi connectivity index (χ2v) is 5.11. The highest BCUT2D eigenvalue weighted by Gasteiger charge is 2.14. The molecule has 1 aromatic heterocycles. The van der Waals surface area contributed by atoms with Crippen LogP contribution in [0.2, 0.25) is 0 Å². The summed E-state index contributed by atoms with van der Waals surface area (Å²) in [5.41, 5.74) is 5.09. The molecule has 19 heavy (non-hydrogen) atoms. The summed E-state index contributed by atoms with van der Waals surface area (Å²) < 4.78 is 0. The maximum Gasteiger partial charge on any atom is 0.121 e. The number of pyridine rings is 1. The zero-order valence-corrected chi connectivity index (χ0v) is 11.9. The highest BCUT2D eigenvalue weighted by atomic mass is 16.3. The summed E-state index contributed by atoms with van der Waals surface area (Å²) in [5, 5.41) is 10.5. The Morgan fingerprint density at radius 1 is 1.21 bits per heavy atom. The van der Waals surface area contributed by atoms with Crippen LogP contribution in [0.3, 0.4) is 0 Å². The van der Waals surface area contributed by atoms with E-state index in [2.05, 4.69) is 30.1 Å². The van der Waals surface area contributed by atoms with E-state index >= 15 is 0 Å². The first-order valence-corrected chi connectivity index (χ1v) is 6.82. The Hall–Kier alpha value is -1.67. The number of aryl methyl sites for hydroxylation is 3. The third-order valence-corrected chi connectivity index (χ3v) is 3.32.